The van der Waals surface area contributed by atoms with Gasteiger partial charge in [-0.3, -0.25) is 0 Å². The summed E-state index contributed by atoms with van der Waals surface area (Å²) >= 11 is 47.6. The van der Waals surface area contributed by atoms with Crippen molar-refractivity contribution in [2.24, 2.45) is 0 Å². The van der Waals surface area contributed by atoms with Crippen molar-refractivity contribution in [2.75, 3.05) is 39.9 Å². The minimum absolute atomic E-state index is 0. The van der Waals surface area contributed by atoms with E-state index in [0.717, 1.165) is 34.8 Å². The van der Waals surface area contributed by atoms with Gasteiger partial charge in [-0.2, -0.15) is 39.5 Å². The Bertz CT molecular complexity index is 5570. The molecule has 0 spiro atoms. The Balaban J connectivity index is -0.000000806. The molecule has 0 bridgehead atoms. The van der Waals surface area contributed by atoms with Crippen LogP contribution >= 0.6 is 116 Å². The van der Waals surface area contributed by atoms with Gasteiger partial charge in [0.2, 0.25) is 0 Å². The van der Waals surface area contributed by atoms with Crippen LogP contribution in [0.2, 0.25) is 0 Å². The smallest absolute Gasteiger partial charge is 0.741 e. The second-order valence-electron chi connectivity index (χ2n) is 23.9. The zero-order valence-electron chi connectivity index (χ0n) is 73.9. The van der Waals surface area contributed by atoms with E-state index in [1.54, 1.807) is 49.6 Å². The number of hydrogen-bond donors (Lipinski definition) is 0. The molecule has 0 unspecified atom stereocenters. The summed E-state index contributed by atoms with van der Waals surface area (Å²) in [5, 5.41) is 39.9. The standard InChI is InChI=1S/4C18H12N6.C4H10O.5CH2Cl2.3CHF3O3S.6Co.H2O/c4*1-3-11-19-14(5-1)21-16-9-7-13-8-10-17(24-18(13)23-16)22-15-6-2-4-12-20-15;1-3-5-4-2;5*2-1-3;3*2-1(3,4)8(5,6)7;;;;;;;/h4*1-12H;3-4H2,1-2H3;5*1H2;3*(H,5,6,7);;;;;;;1H2/q4*-2;;;;;;;;;;;5*+2;/p-3. The third-order valence-corrected chi connectivity index (χ3v) is 16.1. The van der Waals surface area contributed by atoms with Crippen LogP contribution in [0.3, 0.4) is 0 Å². The monoisotopic (exact) mass is 2560 g/mol. The zero-order chi connectivity index (χ0) is 103. The van der Waals surface area contributed by atoms with Gasteiger partial charge in [-0.15, -0.1) is 116 Å². The molecule has 63 heteroatoms. The van der Waals surface area contributed by atoms with E-state index in [1.165, 1.54) is 0 Å². The number of fused-ring (bicyclic) bond motifs is 4. The third kappa shape index (κ3) is 59.8. The van der Waals surface area contributed by atoms with E-state index in [4.69, 9.17) is 160 Å². The van der Waals surface area contributed by atoms with Gasteiger partial charge >= 0.3 is 100 Å². The van der Waals surface area contributed by atoms with E-state index in [9.17, 15) is 39.5 Å². The first-order valence-corrected chi connectivity index (χ1v) is 47.7. The third-order valence-electron chi connectivity index (χ3n) is 14.4. The van der Waals surface area contributed by atoms with Crippen molar-refractivity contribution in [1.82, 2.24) is 79.7 Å². The first kappa shape index (κ1) is 144. The number of rotatable bonds is 18. The van der Waals surface area contributed by atoms with Gasteiger partial charge < -0.3 is 146 Å². The molecule has 2 N–H and O–H groups in total. The van der Waals surface area contributed by atoms with Crippen molar-refractivity contribution in [3.63, 3.8) is 0 Å². The van der Waals surface area contributed by atoms with Crippen LogP contribution in [0.25, 0.3) is 86.7 Å². The van der Waals surface area contributed by atoms with Crippen LogP contribution in [0.1, 0.15) is 13.8 Å². The van der Waals surface area contributed by atoms with E-state index >= 15 is 0 Å². The van der Waals surface area contributed by atoms with Crippen LogP contribution in [0.4, 0.5) is 133 Å². The first-order chi connectivity index (χ1) is 66.7. The number of hydrogen-bond acceptors (Lipinski definition) is 26. The average Bonchev–Trinajstić information content (AvgIpc) is 0.827. The van der Waals surface area contributed by atoms with Crippen LogP contribution < -0.4 is 0 Å². The van der Waals surface area contributed by atoms with Crippen LogP contribution in [-0.2, 0) is 136 Å². The molecule has 6 radical (unpaired) electrons. The topological polar surface area (TPSA) is 531 Å². The summed E-state index contributed by atoms with van der Waals surface area (Å²) in [5.74, 6) is 9.35. The quantitative estimate of drug-likeness (QED) is 0.0333. The number of pyridine rings is 16. The predicted molar refractivity (Wildman–Crippen MR) is 529 cm³/mol. The van der Waals surface area contributed by atoms with Gasteiger partial charge in [-0.05, 0) is 182 Å². The molecule has 16 rings (SSSR count). The van der Waals surface area contributed by atoms with E-state index in [0.29, 0.717) is 116 Å². The molecule has 0 atom stereocenters. The molecule has 0 fully saturated rings. The molecule has 798 valence electrons. The first-order valence-electron chi connectivity index (χ1n) is 38.1. The molecule has 16 aromatic rings. The van der Waals surface area contributed by atoms with Crippen molar-refractivity contribution < 1.29 is 189 Å². The van der Waals surface area contributed by atoms with Crippen molar-refractivity contribution in [2.45, 2.75) is 30.4 Å². The Hall–Kier alpha value is -9.20. The number of ether oxygens (including phenoxy) is 1. The Labute approximate surface area is 948 Å². The summed E-state index contributed by atoms with van der Waals surface area (Å²) in [6, 6.07) is 74.6. The van der Waals surface area contributed by atoms with Crippen LogP contribution in [0.15, 0.2) is 292 Å². The summed E-state index contributed by atoms with van der Waals surface area (Å²) in [5.41, 5.74) is -14.6. The number of halogens is 19. The fraction of sp³-hybridized carbons (Fsp3) is 0.143. The van der Waals surface area contributed by atoms with Crippen LogP contribution in [0, 0.1) is 0 Å². The van der Waals surface area contributed by atoms with E-state index in [2.05, 4.69) is 122 Å². The molecule has 16 aromatic heterocycles. The van der Waals surface area contributed by atoms with Crippen molar-refractivity contribution in [3.8, 4) is 0 Å². The molecule has 0 amide bonds. The largest absolute Gasteiger partial charge is 2.00 e. The zero-order valence-corrected chi connectivity index (χ0v) is 90.1. The maximum atomic E-state index is 10.7. The Morgan fingerprint density at radius 2 is 0.347 bits per heavy atom. The number of nitrogens with zero attached hydrogens (tertiary/aromatic N) is 24. The van der Waals surface area contributed by atoms with Crippen molar-refractivity contribution in [3.05, 3.63) is 335 Å². The van der Waals surface area contributed by atoms with Crippen LogP contribution in [-0.4, -0.2) is 181 Å². The van der Waals surface area contributed by atoms with Crippen molar-refractivity contribution in [1.29, 1.82) is 0 Å². The fourth-order valence-electron chi connectivity index (χ4n) is 8.92. The molecule has 0 aliphatic rings. The Morgan fingerprint density at radius 3 is 0.422 bits per heavy atom. The molecule has 35 nitrogen and oxygen atoms in total. The fourth-order valence-corrected chi connectivity index (χ4v) is 8.92. The molecule has 0 aliphatic heterocycles. The van der Waals surface area contributed by atoms with Gasteiger partial charge in [0.05, 0.1) is 26.7 Å². The summed E-state index contributed by atoms with van der Waals surface area (Å²) in [7, 11) is -18.3. The number of alkyl halides is 19. The SMILES string of the molecule is CCOCC.ClCCl.ClCCl.ClCCl.ClCCl.ClCCl.O.O=S(=O)([O-])C(F)(F)F.O=S(=O)([O-])C(F)(F)F.O=S(=O)([O-])C(F)(F)F.[Co+2].[Co+2].[Co+2].[Co+2].[Co+2].[Co].c1ccc([N-]c2ccc3ccc([N-]c4ccccn4)nc3n2)nc1.c1ccc([N-]c2ccc3ccc([N-]c4ccccn4)nc3n2)nc1.c1ccc([N-]c2ccc3ccc([N-]c4ccccn4)nc3n2)nc1.c1ccc([N-]c2ccc3ccc([N-]c4ccccn4)nc3n2)nc1. The molecule has 147 heavy (non-hydrogen) atoms. The van der Waals surface area contributed by atoms with E-state index < -0.39 is 46.9 Å². The maximum Gasteiger partial charge on any atom is 2.00 e. The maximum absolute atomic E-state index is 10.7. The molecular weight excluding hydrogens is 2500 g/mol. The van der Waals surface area contributed by atoms with Crippen molar-refractivity contribution >= 4 is 284 Å². The van der Waals surface area contributed by atoms with Gasteiger partial charge in [0, 0.05) is 146 Å². The van der Waals surface area contributed by atoms with Gasteiger partial charge in [-0.1, -0.05) is 146 Å². The number of aromatic nitrogens is 16. The van der Waals surface area contributed by atoms with Gasteiger partial charge in [-0.25, -0.2) is 25.3 Å². The minimum Gasteiger partial charge on any atom is -0.741 e. The predicted octanol–water partition coefficient (Wildman–Crippen LogP) is 27.8. The molecule has 0 saturated carbocycles. The Kier molecular flexibility index (Phi) is 77.3. The summed E-state index contributed by atoms with van der Waals surface area (Å²) in [6.07, 6.45) is 13.6. The average molecular weight is 2570 g/mol. The summed E-state index contributed by atoms with van der Waals surface area (Å²) in [4.78, 5) is 69.2. The minimum atomic E-state index is -6.09. The molecule has 0 saturated heterocycles. The van der Waals surface area contributed by atoms with Gasteiger partial charge in [0.15, 0.2) is 30.4 Å². The second-order valence-corrected chi connectivity index (χ2v) is 32.1. The molecule has 0 aromatic carbocycles. The summed E-state index contributed by atoms with van der Waals surface area (Å²) in [6.45, 7) is 5.67. The Morgan fingerprint density at radius 1 is 0.238 bits per heavy atom. The van der Waals surface area contributed by atoms with Gasteiger partial charge in [0.25, 0.3) is 0 Å². The van der Waals surface area contributed by atoms with E-state index in [-0.39, 0.29) is 133 Å². The molecule has 0 aliphatic carbocycles. The van der Waals surface area contributed by atoms with E-state index in [1.807, 2.05) is 257 Å². The second kappa shape index (κ2) is 78.9. The van der Waals surface area contributed by atoms with Crippen LogP contribution in [0.5, 0.6) is 0 Å². The molecule has 16 heterocycles. The summed E-state index contributed by atoms with van der Waals surface area (Å²) < 4.78 is 182. The van der Waals surface area contributed by atoms with Gasteiger partial charge in [0.1, 0.15) is 0 Å². The molecular formula is C84H70Cl10Co6F9N24O11S3-. The normalized spacial score (nSPS) is 10.0.